The zero-order valence-corrected chi connectivity index (χ0v) is 13.3. The van der Waals surface area contributed by atoms with Gasteiger partial charge in [-0.15, -0.1) is 0 Å². The van der Waals surface area contributed by atoms with E-state index in [1.54, 1.807) is 24.4 Å². The SMILES string of the molecule is CCc1nccn1-c1ncnc2c1c(C)nn2-c1ccccc1F. The molecule has 0 aliphatic heterocycles. The van der Waals surface area contributed by atoms with Crippen molar-refractivity contribution in [2.45, 2.75) is 20.3 Å². The summed E-state index contributed by atoms with van der Waals surface area (Å²) in [5.74, 6) is 1.25. The third-order valence-electron chi connectivity index (χ3n) is 3.96. The normalized spacial score (nSPS) is 11.3. The van der Waals surface area contributed by atoms with Gasteiger partial charge in [0.1, 0.15) is 23.7 Å². The second kappa shape index (κ2) is 5.52. The molecular formula is C17H15FN6. The van der Waals surface area contributed by atoms with Crippen LogP contribution in [0.25, 0.3) is 22.5 Å². The van der Waals surface area contributed by atoms with Gasteiger partial charge in [0.2, 0.25) is 0 Å². The number of nitrogens with zero attached hydrogens (tertiary/aromatic N) is 6. The Hall–Kier alpha value is -3.09. The van der Waals surface area contributed by atoms with Gasteiger partial charge in [0.25, 0.3) is 0 Å². The maximum absolute atomic E-state index is 14.2. The number of benzene rings is 1. The molecule has 24 heavy (non-hydrogen) atoms. The Morgan fingerprint density at radius 2 is 1.96 bits per heavy atom. The van der Waals surface area contributed by atoms with Gasteiger partial charge in [-0.25, -0.2) is 24.0 Å². The Bertz CT molecular complexity index is 1030. The molecule has 0 amide bonds. The van der Waals surface area contributed by atoms with Crippen LogP contribution in [0.15, 0.2) is 43.0 Å². The molecule has 120 valence electrons. The van der Waals surface area contributed by atoms with E-state index in [0.29, 0.717) is 17.2 Å². The van der Waals surface area contributed by atoms with Gasteiger partial charge >= 0.3 is 0 Å². The number of rotatable bonds is 3. The summed E-state index contributed by atoms with van der Waals surface area (Å²) in [6.07, 6.45) is 5.85. The predicted octanol–water partition coefficient (Wildman–Crippen LogP) is 3.01. The first-order valence-corrected chi connectivity index (χ1v) is 7.68. The number of aryl methyl sites for hydroxylation is 2. The van der Waals surface area contributed by atoms with Crippen molar-refractivity contribution in [1.82, 2.24) is 29.3 Å². The number of fused-ring (bicyclic) bond motifs is 1. The Morgan fingerprint density at radius 3 is 2.75 bits per heavy atom. The Labute approximate surface area is 137 Å². The monoisotopic (exact) mass is 322 g/mol. The van der Waals surface area contributed by atoms with Crippen molar-refractivity contribution in [3.05, 3.63) is 60.3 Å². The maximum atomic E-state index is 14.2. The lowest BCUT2D eigenvalue weighted by Gasteiger charge is -2.07. The second-order valence-electron chi connectivity index (χ2n) is 5.41. The van der Waals surface area contributed by atoms with E-state index >= 15 is 0 Å². The fourth-order valence-corrected chi connectivity index (χ4v) is 2.86. The highest BCUT2D eigenvalue weighted by Crippen LogP contribution is 2.26. The highest BCUT2D eigenvalue weighted by Gasteiger charge is 2.18. The van der Waals surface area contributed by atoms with E-state index in [4.69, 9.17) is 0 Å². The van der Waals surface area contributed by atoms with Crippen LogP contribution in [0.4, 0.5) is 4.39 Å². The van der Waals surface area contributed by atoms with Crippen molar-refractivity contribution >= 4 is 11.0 Å². The molecule has 0 fully saturated rings. The summed E-state index contributed by atoms with van der Waals surface area (Å²) >= 11 is 0. The van der Waals surface area contributed by atoms with Gasteiger partial charge in [-0.1, -0.05) is 19.1 Å². The van der Waals surface area contributed by atoms with E-state index in [9.17, 15) is 4.39 Å². The van der Waals surface area contributed by atoms with E-state index < -0.39 is 0 Å². The summed E-state index contributed by atoms with van der Waals surface area (Å²) in [4.78, 5) is 13.1. The maximum Gasteiger partial charge on any atom is 0.168 e. The minimum absolute atomic E-state index is 0.348. The summed E-state index contributed by atoms with van der Waals surface area (Å²) in [6.45, 7) is 3.90. The second-order valence-corrected chi connectivity index (χ2v) is 5.41. The average molecular weight is 322 g/mol. The lowest BCUT2D eigenvalue weighted by Crippen LogP contribution is -2.04. The highest BCUT2D eigenvalue weighted by molar-refractivity contribution is 5.86. The molecule has 0 unspecified atom stereocenters. The summed E-state index contributed by atoms with van der Waals surface area (Å²) < 4.78 is 17.6. The molecule has 3 heterocycles. The molecule has 7 heteroatoms. The van der Waals surface area contributed by atoms with Gasteiger partial charge in [0.05, 0.1) is 11.1 Å². The molecule has 1 aromatic carbocycles. The van der Waals surface area contributed by atoms with E-state index in [-0.39, 0.29) is 5.82 Å². The van der Waals surface area contributed by atoms with Crippen LogP contribution in [0.1, 0.15) is 18.4 Å². The summed E-state index contributed by atoms with van der Waals surface area (Å²) in [5.41, 5.74) is 1.67. The fraction of sp³-hybridized carbons (Fsp3) is 0.176. The van der Waals surface area contributed by atoms with Crippen LogP contribution in [0.3, 0.4) is 0 Å². The predicted molar refractivity (Wildman–Crippen MR) is 87.9 cm³/mol. The molecule has 0 radical (unpaired) electrons. The van der Waals surface area contributed by atoms with Crippen LogP contribution in [0.5, 0.6) is 0 Å². The van der Waals surface area contributed by atoms with E-state index in [2.05, 4.69) is 20.1 Å². The number of hydrogen-bond acceptors (Lipinski definition) is 4. The smallest absolute Gasteiger partial charge is 0.168 e. The fourth-order valence-electron chi connectivity index (χ4n) is 2.86. The molecule has 0 aliphatic carbocycles. The van der Waals surface area contributed by atoms with Gasteiger partial charge in [0.15, 0.2) is 11.5 Å². The van der Waals surface area contributed by atoms with Crippen molar-refractivity contribution in [1.29, 1.82) is 0 Å². The van der Waals surface area contributed by atoms with E-state index in [1.165, 1.54) is 17.1 Å². The molecule has 0 spiro atoms. The lowest BCUT2D eigenvalue weighted by molar-refractivity contribution is 0.612. The van der Waals surface area contributed by atoms with Crippen LogP contribution < -0.4 is 0 Å². The van der Waals surface area contributed by atoms with Crippen LogP contribution in [0.2, 0.25) is 0 Å². The molecular weight excluding hydrogens is 307 g/mol. The number of aromatic nitrogens is 6. The summed E-state index contributed by atoms with van der Waals surface area (Å²) in [6, 6.07) is 6.51. The van der Waals surface area contributed by atoms with Gasteiger partial charge in [-0.05, 0) is 19.1 Å². The molecule has 4 rings (SSSR count). The Balaban J connectivity index is 2.02. The number of imidazole rings is 1. The van der Waals surface area contributed by atoms with Crippen molar-refractivity contribution in [2.24, 2.45) is 0 Å². The molecule has 0 aliphatic rings. The molecule has 0 bridgehead atoms. The summed E-state index contributed by atoms with van der Waals surface area (Å²) in [7, 11) is 0. The van der Waals surface area contributed by atoms with Crippen molar-refractivity contribution in [3.63, 3.8) is 0 Å². The number of hydrogen-bond donors (Lipinski definition) is 0. The quantitative estimate of drug-likeness (QED) is 0.582. The Morgan fingerprint density at radius 1 is 1.12 bits per heavy atom. The number of para-hydroxylation sites is 1. The summed E-state index contributed by atoms with van der Waals surface area (Å²) in [5, 5.41) is 5.27. The zero-order chi connectivity index (χ0) is 16.7. The van der Waals surface area contributed by atoms with Gasteiger partial charge in [-0.2, -0.15) is 5.10 Å². The molecule has 0 atom stereocenters. The molecule has 6 nitrogen and oxygen atoms in total. The minimum atomic E-state index is -0.348. The van der Waals surface area contributed by atoms with Gasteiger partial charge < -0.3 is 0 Å². The highest BCUT2D eigenvalue weighted by atomic mass is 19.1. The van der Waals surface area contributed by atoms with E-state index in [1.807, 2.05) is 24.6 Å². The third kappa shape index (κ3) is 2.09. The zero-order valence-electron chi connectivity index (χ0n) is 13.3. The largest absolute Gasteiger partial charge is 0.287 e. The van der Waals surface area contributed by atoms with Crippen molar-refractivity contribution in [2.75, 3.05) is 0 Å². The van der Waals surface area contributed by atoms with Crippen LogP contribution in [0, 0.1) is 12.7 Å². The minimum Gasteiger partial charge on any atom is -0.287 e. The van der Waals surface area contributed by atoms with Gasteiger partial charge in [0, 0.05) is 18.8 Å². The number of halogens is 1. The first-order chi connectivity index (χ1) is 11.7. The van der Waals surface area contributed by atoms with E-state index in [0.717, 1.165) is 23.3 Å². The van der Waals surface area contributed by atoms with Crippen LogP contribution >= 0.6 is 0 Å². The molecule has 0 saturated carbocycles. The first-order valence-electron chi connectivity index (χ1n) is 7.68. The van der Waals surface area contributed by atoms with Crippen molar-refractivity contribution < 1.29 is 4.39 Å². The third-order valence-corrected chi connectivity index (χ3v) is 3.96. The average Bonchev–Trinajstić information content (AvgIpc) is 3.20. The van der Waals surface area contributed by atoms with Crippen molar-refractivity contribution in [3.8, 4) is 11.5 Å². The molecule has 3 aromatic heterocycles. The lowest BCUT2D eigenvalue weighted by atomic mass is 10.3. The molecule has 0 saturated heterocycles. The molecule has 0 N–H and O–H groups in total. The topological polar surface area (TPSA) is 61.4 Å². The molecule has 4 aromatic rings. The Kier molecular flexibility index (Phi) is 3.34. The van der Waals surface area contributed by atoms with Crippen LogP contribution in [-0.4, -0.2) is 29.3 Å². The first kappa shape index (κ1) is 14.5. The standard InChI is InChI=1S/C17H15FN6/c1-3-14-19-8-9-23(14)16-15-11(2)22-24(17(15)21-10-20-16)13-7-5-4-6-12(13)18/h4-10H,3H2,1-2H3. The van der Waals surface area contributed by atoms with Gasteiger partial charge in [-0.3, -0.25) is 4.57 Å². The van der Waals surface area contributed by atoms with Crippen LogP contribution in [-0.2, 0) is 6.42 Å².